The summed E-state index contributed by atoms with van der Waals surface area (Å²) in [5, 5.41) is 0. The van der Waals surface area contributed by atoms with Gasteiger partial charge in [-0.05, 0) is 54.1 Å². The molecule has 2 heterocycles. The molecular weight excluding hydrogens is 422 g/mol. The molecule has 160 valence electrons. The van der Waals surface area contributed by atoms with E-state index in [2.05, 4.69) is 4.90 Å². The van der Waals surface area contributed by atoms with Crippen molar-refractivity contribution in [2.45, 2.75) is 22.9 Å². The standard InChI is InChI=1S/C26H21NO4S/c28-32(29,26-9-5-4-8-24(26)31-22-6-2-1-3-7-22)23-12-10-20(11-13-23)18-27-16-14-21-15-17-30-25(21)19-27/h1-17H,18-19H2. The number of benzene rings is 3. The molecule has 4 aromatic rings. The van der Waals surface area contributed by atoms with Crippen molar-refractivity contribution in [2.24, 2.45) is 0 Å². The second kappa shape index (κ2) is 8.40. The van der Waals surface area contributed by atoms with Gasteiger partial charge in [0, 0.05) is 18.3 Å². The van der Waals surface area contributed by atoms with E-state index in [0.29, 0.717) is 24.6 Å². The number of para-hydroxylation sites is 2. The van der Waals surface area contributed by atoms with E-state index in [4.69, 9.17) is 9.15 Å². The van der Waals surface area contributed by atoms with E-state index in [-0.39, 0.29) is 9.79 Å². The topological polar surface area (TPSA) is 59.8 Å². The molecule has 0 spiro atoms. The van der Waals surface area contributed by atoms with Gasteiger partial charge >= 0.3 is 0 Å². The van der Waals surface area contributed by atoms with Gasteiger partial charge in [0.1, 0.15) is 22.2 Å². The van der Waals surface area contributed by atoms with E-state index in [1.165, 1.54) is 0 Å². The Morgan fingerprint density at radius 3 is 2.44 bits per heavy atom. The summed E-state index contributed by atoms with van der Waals surface area (Å²) in [5.74, 6) is 1.82. The number of ether oxygens (including phenoxy) is 1. The van der Waals surface area contributed by atoms with Gasteiger partial charge in [0.25, 0.3) is 0 Å². The lowest BCUT2D eigenvalue weighted by Gasteiger charge is -2.22. The zero-order valence-electron chi connectivity index (χ0n) is 17.2. The maximum absolute atomic E-state index is 13.3. The highest BCUT2D eigenvalue weighted by atomic mass is 32.2. The largest absolute Gasteiger partial charge is 0.467 e. The molecule has 0 bridgehead atoms. The van der Waals surface area contributed by atoms with Gasteiger partial charge in [0.15, 0.2) is 0 Å². The third-order valence-electron chi connectivity index (χ3n) is 5.32. The molecular formula is C26H21NO4S. The minimum atomic E-state index is -3.74. The Bertz CT molecular complexity index is 1360. The SMILES string of the molecule is O=S(=O)(c1ccc(CN2C=Cc3ccoc3C2)cc1)c1ccccc1Oc1ccccc1. The Morgan fingerprint density at radius 1 is 0.875 bits per heavy atom. The van der Waals surface area contributed by atoms with Crippen LogP contribution in [0.2, 0.25) is 0 Å². The number of nitrogens with zero attached hydrogens (tertiary/aromatic N) is 1. The first kappa shape index (κ1) is 20.2. The van der Waals surface area contributed by atoms with Crippen molar-refractivity contribution < 1.29 is 17.6 Å². The van der Waals surface area contributed by atoms with Crippen LogP contribution in [0.1, 0.15) is 16.9 Å². The molecule has 0 aliphatic carbocycles. The highest BCUT2D eigenvalue weighted by Crippen LogP contribution is 2.32. The number of fused-ring (bicyclic) bond motifs is 1. The number of hydrogen-bond acceptors (Lipinski definition) is 5. The van der Waals surface area contributed by atoms with E-state index in [1.807, 2.05) is 48.7 Å². The maximum Gasteiger partial charge on any atom is 0.210 e. The van der Waals surface area contributed by atoms with Crippen molar-refractivity contribution in [1.29, 1.82) is 0 Å². The summed E-state index contributed by atoms with van der Waals surface area (Å²) in [4.78, 5) is 2.49. The van der Waals surface area contributed by atoms with Gasteiger partial charge in [0.05, 0.1) is 17.7 Å². The molecule has 0 saturated carbocycles. The molecule has 0 amide bonds. The smallest absolute Gasteiger partial charge is 0.210 e. The molecule has 3 aromatic carbocycles. The number of sulfone groups is 1. The van der Waals surface area contributed by atoms with E-state index < -0.39 is 9.84 Å². The predicted octanol–water partition coefficient (Wildman–Crippen LogP) is 5.89. The minimum absolute atomic E-state index is 0.140. The Labute approximate surface area is 187 Å². The molecule has 0 saturated heterocycles. The van der Waals surface area contributed by atoms with Crippen molar-refractivity contribution in [3.63, 3.8) is 0 Å². The summed E-state index contributed by atoms with van der Waals surface area (Å²) < 4.78 is 38.0. The Balaban J connectivity index is 1.36. The van der Waals surface area contributed by atoms with Crippen LogP contribution in [0.5, 0.6) is 11.5 Å². The average Bonchev–Trinajstić information content (AvgIpc) is 3.28. The fourth-order valence-electron chi connectivity index (χ4n) is 3.67. The van der Waals surface area contributed by atoms with Gasteiger partial charge in [-0.3, -0.25) is 0 Å². The fourth-order valence-corrected chi connectivity index (χ4v) is 5.05. The highest BCUT2D eigenvalue weighted by molar-refractivity contribution is 7.91. The lowest BCUT2D eigenvalue weighted by Crippen LogP contribution is -2.18. The summed E-state index contributed by atoms with van der Waals surface area (Å²) in [6, 6.07) is 24.8. The predicted molar refractivity (Wildman–Crippen MR) is 122 cm³/mol. The van der Waals surface area contributed by atoms with Crippen LogP contribution in [0.25, 0.3) is 6.08 Å². The molecule has 0 fully saturated rings. The second-order valence-electron chi connectivity index (χ2n) is 7.53. The average molecular weight is 444 g/mol. The van der Waals surface area contributed by atoms with Crippen molar-refractivity contribution in [3.05, 3.63) is 114 Å². The fraction of sp³-hybridized carbons (Fsp3) is 0.0769. The first-order valence-corrected chi connectivity index (χ1v) is 11.7. The molecule has 1 aliphatic heterocycles. The van der Waals surface area contributed by atoms with Gasteiger partial charge in [-0.1, -0.05) is 42.5 Å². The number of furan rings is 1. The van der Waals surface area contributed by atoms with Crippen molar-refractivity contribution >= 4 is 15.9 Å². The first-order chi connectivity index (χ1) is 15.6. The molecule has 0 unspecified atom stereocenters. The zero-order chi connectivity index (χ0) is 22.0. The third kappa shape index (κ3) is 4.05. The van der Waals surface area contributed by atoms with Crippen LogP contribution in [-0.4, -0.2) is 13.3 Å². The Hall–Kier alpha value is -3.77. The van der Waals surface area contributed by atoms with E-state index >= 15 is 0 Å². The van der Waals surface area contributed by atoms with E-state index in [1.54, 1.807) is 54.8 Å². The molecule has 1 aromatic heterocycles. The second-order valence-corrected chi connectivity index (χ2v) is 9.45. The zero-order valence-corrected chi connectivity index (χ0v) is 18.0. The van der Waals surface area contributed by atoms with Gasteiger partial charge in [-0.2, -0.15) is 0 Å². The molecule has 1 aliphatic rings. The quantitative estimate of drug-likeness (QED) is 0.372. The van der Waals surface area contributed by atoms with E-state index in [0.717, 1.165) is 16.9 Å². The minimum Gasteiger partial charge on any atom is -0.467 e. The molecule has 0 radical (unpaired) electrons. The first-order valence-electron chi connectivity index (χ1n) is 10.2. The van der Waals surface area contributed by atoms with Gasteiger partial charge in [-0.15, -0.1) is 0 Å². The number of rotatable bonds is 6. The lowest BCUT2D eigenvalue weighted by molar-refractivity contribution is 0.319. The van der Waals surface area contributed by atoms with Gasteiger partial charge < -0.3 is 14.1 Å². The normalized spacial score (nSPS) is 13.1. The lowest BCUT2D eigenvalue weighted by atomic mass is 10.1. The molecule has 0 atom stereocenters. The van der Waals surface area contributed by atoms with Crippen LogP contribution < -0.4 is 4.74 Å². The molecule has 5 nitrogen and oxygen atoms in total. The summed E-state index contributed by atoms with van der Waals surface area (Å²) >= 11 is 0. The van der Waals surface area contributed by atoms with E-state index in [9.17, 15) is 8.42 Å². The highest BCUT2D eigenvalue weighted by Gasteiger charge is 2.22. The third-order valence-corrected chi connectivity index (χ3v) is 7.13. The van der Waals surface area contributed by atoms with Gasteiger partial charge in [0.2, 0.25) is 9.84 Å². The summed E-state index contributed by atoms with van der Waals surface area (Å²) in [6.45, 7) is 1.34. The summed E-state index contributed by atoms with van der Waals surface area (Å²) in [6.07, 6.45) is 5.74. The molecule has 32 heavy (non-hydrogen) atoms. The molecule has 0 N–H and O–H groups in total. The van der Waals surface area contributed by atoms with Crippen molar-refractivity contribution in [1.82, 2.24) is 4.90 Å². The van der Waals surface area contributed by atoms with Crippen LogP contribution >= 0.6 is 0 Å². The summed E-state index contributed by atoms with van der Waals surface area (Å²) in [5.41, 5.74) is 2.11. The van der Waals surface area contributed by atoms with Crippen molar-refractivity contribution in [3.8, 4) is 11.5 Å². The van der Waals surface area contributed by atoms with Crippen LogP contribution in [0.15, 0.2) is 112 Å². The Morgan fingerprint density at radius 2 is 1.62 bits per heavy atom. The maximum atomic E-state index is 13.3. The molecule has 6 heteroatoms. The van der Waals surface area contributed by atoms with Crippen LogP contribution in [0.4, 0.5) is 0 Å². The van der Waals surface area contributed by atoms with Crippen molar-refractivity contribution in [2.75, 3.05) is 0 Å². The molecule has 5 rings (SSSR count). The van der Waals surface area contributed by atoms with Crippen LogP contribution in [0, 0.1) is 0 Å². The Kier molecular flexibility index (Phi) is 5.29. The van der Waals surface area contributed by atoms with Crippen LogP contribution in [-0.2, 0) is 22.9 Å². The summed E-state index contributed by atoms with van der Waals surface area (Å²) in [7, 11) is -3.74. The number of hydrogen-bond donors (Lipinski definition) is 0. The van der Waals surface area contributed by atoms with Gasteiger partial charge in [-0.25, -0.2) is 8.42 Å². The van der Waals surface area contributed by atoms with Crippen LogP contribution in [0.3, 0.4) is 0 Å². The monoisotopic (exact) mass is 443 g/mol.